The van der Waals surface area contributed by atoms with E-state index < -0.39 is 12.1 Å². The third-order valence-corrected chi connectivity index (χ3v) is 4.58. The fraction of sp³-hybridized carbons (Fsp3) is 0.680. The van der Waals surface area contributed by atoms with Crippen LogP contribution in [0.2, 0.25) is 0 Å². The molecule has 5 nitrogen and oxygen atoms in total. The van der Waals surface area contributed by atoms with Gasteiger partial charge in [-0.2, -0.15) is 0 Å². The van der Waals surface area contributed by atoms with Gasteiger partial charge in [0.2, 0.25) is 0 Å². The van der Waals surface area contributed by atoms with Gasteiger partial charge in [0.1, 0.15) is 6.61 Å². The van der Waals surface area contributed by atoms with Crippen LogP contribution in [0.1, 0.15) is 90.9 Å². The first-order valence-electron chi connectivity index (χ1n) is 11.4. The molecule has 0 saturated carbocycles. The third kappa shape index (κ3) is 18.2. The molecule has 0 radical (unpaired) electrons. The predicted molar refractivity (Wildman–Crippen MR) is 122 cm³/mol. The highest BCUT2D eigenvalue weighted by Crippen LogP contribution is 2.08. The molecule has 0 fully saturated rings. The number of hydrogen-bond acceptors (Lipinski definition) is 5. The average molecular weight is 423 g/mol. The lowest BCUT2D eigenvalue weighted by Crippen LogP contribution is -2.28. The fourth-order valence-electron chi connectivity index (χ4n) is 2.74. The molecule has 0 aromatic heterocycles. The minimum atomic E-state index is -0.826. The second kappa shape index (κ2) is 20.4. The van der Waals surface area contributed by atoms with E-state index in [1.807, 2.05) is 0 Å². The Morgan fingerprint density at radius 2 is 1.53 bits per heavy atom. The number of ether oxygens (including phenoxy) is 2. The fourth-order valence-corrected chi connectivity index (χ4v) is 2.74. The number of aliphatic hydroxyl groups excluding tert-OH is 1. The average Bonchev–Trinajstić information content (AvgIpc) is 2.73. The van der Waals surface area contributed by atoms with Crippen LogP contribution in [0.25, 0.3) is 0 Å². The smallest absolute Gasteiger partial charge is 0.333 e. The largest absolute Gasteiger partial charge is 0.458 e. The molecule has 0 bridgehead atoms. The van der Waals surface area contributed by atoms with Crippen LogP contribution in [0.15, 0.2) is 36.5 Å². The molecule has 0 aliphatic heterocycles. The normalized spacial score (nSPS) is 12.4. The summed E-state index contributed by atoms with van der Waals surface area (Å²) in [7, 11) is 0. The van der Waals surface area contributed by atoms with Gasteiger partial charge in [0.05, 0.1) is 6.61 Å². The van der Waals surface area contributed by atoms with Gasteiger partial charge >= 0.3 is 11.9 Å². The zero-order chi connectivity index (χ0) is 22.5. The molecule has 1 unspecified atom stereocenters. The highest BCUT2D eigenvalue weighted by Gasteiger charge is 2.16. The molecule has 0 aliphatic rings. The van der Waals surface area contributed by atoms with Crippen LogP contribution < -0.4 is 0 Å². The molecule has 0 saturated heterocycles. The lowest BCUT2D eigenvalue weighted by atomic mass is 10.1. The van der Waals surface area contributed by atoms with E-state index in [2.05, 4.69) is 37.8 Å². The van der Waals surface area contributed by atoms with E-state index >= 15 is 0 Å². The number of carbonyl (C=O) groups is 2. The molecule has 0 aromatic rings. The monoisotopic (exact) mass is 422 g/mol. The maximum absolute atomic E-state index is 11.8. The molecule has 0 rings (SSSR count). The Morgan fingerprint density at radius 1 is 0.933 bits per heavy atom. The van der Waals surface area contributed by atoms with Gasteiger partial charge in [-0.25, -0.2) is 4.79 Å². The van der Waals surface area contributed by atoms with Crippen LogP contribution in [0.4, 0.5) is 0 Å². The van der Waals surface area contributed by atoms with Crippen LogP contribution in [0.5, 0.6) is 0 Å². The van der Waals surface area contributed by atoms with Crippen LogP contribution >= 0.6 is 0 Å². The Morgan fingerprint density at radius 3 is 2.10 bits per heavy atom. The number of aliphatic hydroxyl groups is 1. The third-order valence-electron chi connectivity index (χ3n) is 4.58. The first kappa shape index (κ1) is 28.1. The minimum absolute atomic E-state index is 0.161. The Labute approximate surface area is 183 Å². The SMILES string of the molecule is C=C(C)C(=O)OCC(CO)OC(=O)CCCCC/C=C/C/C=C/CCCCCCC. The zero-order valence-electron chi connectivity index (χ0n) is 19.1. The van der Waals surface area contributed by atoms with Crippen LogP contribution in [0.3, 0.4) is 0 Å². The summed E-state index contributed by atoms with van der Waals surface area (Å²) in [5.41, 5.74) is 0.265. The minimum Gasteiger partial charge on any atom is -0.458 e. The van der Waals surface area contributed by atoms with Gasteiger partial charge in [0, 0.05) is 12.0 Å². The molecule has 30 heavy (non-hydrogen) atoms. The van der Waals surface area contributed by atoms with Gasteiger partial charge in [-0.15, -0.1) is 0 Å². The Kier molecular flexibility index (Phi) is 19.1. The summed E-state index contributed by atoms with van der Waals surface area (Å²) in [6.45, 7) is 6.70. The first-order valence-corrected chi connectivity index (χ1v) is 11.4. The van der Waals surface area contributed by atoms with Gasteiger partial charge < -0.3 is 14.6 Å². The van der Waals surface area contributed by atoms with E-state index in [1.54, 1.807) is 0 Å². The number of carbonyl (C=O) groups excluding carboxylic acids is 2. The van der Waals surface area contributed by atoms with E-state index in [-0.39, 0.29) is 24.8 Å². The van der Waals surface area contributed by atoms with Crippen molar-refractivity contribution in [3.05, 3.63) is 36.5 Å². The van der Waals surface area contributed by atoms with Gasteiger partial charge in [0.15, 0.2) is 6.10 Å². The van der Waals surface area contributed by atoms with Gasteiger partial charge in [0.25, 0.3) is 0 Å². The highest BCUT2D eigenvalue weighted by molar-refractivity contribution is 5.86. The zero-order valence-corrected chi connectivity index (χ0v) is 19.1. The van der Waals surface area contributed by atoms with Crippen molar-refractivity contribution in [2.24, 2.45) is 0 Å². The van der Waals surface area contributed by atoms with Gasteiger partial charge in [-0.3, -0.25) is 4.79 Å². The van der Waals surface area contributed by atoms with Crippen molar-refractivity contribution in [3.63, 3.8) is 0 Å². The number of rotatable bonds is 19. The van der Waals surface area contributed by atoms with Crippen LogP contribution in [-0.4, -0.2) is 36.4 Å². The van der Waals surface area contributed by atoms with Crippen molar-refractivity contribution >= 4 is 11.9 Å². The van der Waals surface area contributed by atoms with Crippen molar-refractivity contribution in [2.75, 3.05) is 13.2 Å². The van der Waals surface area contributed by atoms with E-state index in [0.717, 1.165) is 32.1 Å². The van der Waals surface area contributed by atoms with Crippen LogP contribution in [-0.2, 0) is 19.1 Å². The quantitative estimate of drug-likeness (QED) is 0.123. The molecule has 172 valence electrons. The topological polar surface area (TPSA) is 72.8 Å². The van der Waals surface area contributed by atoms with Crippen molar-refractivity contribution < 1.29 is 24.2 Å². The van der Waals surface area contributed by atoms with Crippen molar-refractivity contribution in [2.45, 2.75) is 97.0 Å². The maximum atomic E-state index is 11.8. The summed E-state index contributed by atoms with van der Waals surface area (Å²) < 4.78 is 10.0. The highest BCUT2D eigenvalue weighted by atomic mass is 16.6. The number of allylic oxidation sites excluding steroid dienone is 4. The number of hydrogen-bond donors (Lipinski definition) is 1. The second-order valence-corrected chi connectivity index (χ2v) is 7.65. The molecule has 0 aliphatic carbocycles. The molecule has 1 atom stereocenters. The second-order valence-electron chi connectivity index (χ2n) is 7.65. The van der Waals surface area contributed by atoms with E-state index in [4.69, 9.17) is 9.47 Å². The van der Waals surface area contributed by atoms with Gasteiger partial charge in [-0.05, 0) is 45.4 Å². The summed E-state index contributed by atoms with van der Waals surface area (Å²) in [5.74, 6) is -0.939. The summed E-state index contributed by atoms with van der Waals surface area (Å²) in [6.07, 6.45) is 20.9. The predicted octanol–water partition coefficient (Wildman–Crippen LogP) is 5.82. The summed E-state index contributed by atoms with van der Waals surface area (Å²) >= 11 is 0. The molecular formula is C25H42O5. The van der Waals surface area contributed by atoms with Crippen molar-refractivity contribution in [1.82, 2.24) is 0 Å². The lowest BCUT2D eigenvalue weighted by molar-refractivity contribution is -0.159. The molecule has 5 heteroatoms. The molecular weight excluding hydrogens is 380 g/mol. The van der Waals surface area contributed by atoms with Gasteiger partial charge in [-0.1, -0.05) is 69.9 Å². The number of unbranched alkanes of at least 4 members (excludes halogenated alkanes) is 8. The first-order chi connectivity index (χ1) is 14.5. The molecule has 0 heterocycles. The molecule has 0 amide bonds. The maximum Gasteiger partial charge on any atom is 0.333 e. The Bertz CT molecular complexity index is 522. The summed E-state index contributed by atoms with van der Waals surface area (Å²) in [5, 5.41) is 9.23. The van der Waals surface area contributed by atoms with E-state index in [9.17, 15) is 14.7 Å². The molecule has 0 spiro atoms. The Balaban J connectivity index is 3.63. The van der Waals surface area contributed by atoms with E-state index in [0.29, 0.717) is 6.42 Å². The molecule has 0 aromatic carbocycles. The summed E-state index contributed by atoms with van der Waals surface area (Å²) in [4.78, 5) is 23.1. The molecule has 1 N–H and O–H groups in total. The van der Waals surface area contributed by atoms with Crippen LogP contribution in [0, 0.1) is 0 Å². The number of esters is 2. The van der Waals surface area contributed by atoms with Crippen molar-refractivity contribution in [1.29, 1.82) is 0 Å². The summed E-state index contributed by atoms with van der Waals surface area (Å²) in [6, 6.07) is 0. The Hall–Kier alpha value is -1.88. The lowest BCUT2D eigenvalue weighted by Gasteiger charge is -2.15. The van der Waals surface area contributed by atoms with E-state index in [1.165, 1.54) is 45.4 Å². The van der Waals surface area contributed by atoms with Crippen molar-refractivity contribution in [3.8, 4) is 0 Å². The standard InChI is InChI=1S/C25H42O5/c1-4-5-6-7-8-9-10-11-12-13-14-15-16-17-18-19-24(27)30-23(20-26)21-29-25(28)22(2)3/h10-11,13-14,23,26H,2,4-9,12,15-21H2,1,3H3/b11-10+,14-13+.